The second-order valence-electron chi connectivity index (χ2n) is 7.01. The minimum Gasteiger partial charge on any atom is -0.373 e. The zero-order valence-corrected chi connectivity index (χ0v) is 13.7. The minimum atomic E-state index is 0.271. The standard InChI is InChI=1S/C17H22N2O2S/c1-12-5-15(12)16(20)19-10-17(11-19)6-14(9-22-17)21-8-13-3-2-4-18-7-13/h2-4,7,12,14-15H,5-6,8-11H2,1H3/t12-,14-,15-/m1/s1. The average Bonchev–Trinajstić information content (AvgIpc) is 3.08. The smallest absolute Gasteiger partial charge is 0.226 e. The van der Waals surface area contributed by atoms with Crippen LogP contribution in [0.4, 0.5) is 0 Å². The van der Waals surface area contributed by atoms with E-state index in [0.717, 1.165) is 37.2 Å². The Hall–Kier alpha value is -1.07. The van der Waals surface area contributed by atoms with Gasteiger partial charge in [0.05, 0.1) is 17.5 Å². The monoisotopic (exact) mass is 318 g/mol. The fourth-order valence-electron chi connectivity index (χ4n) is 3.53. The molecule has 1 aliphatic carbocycles. The molecule has 3 aliphatic rings. The second-order valence-corrected chi connectivity index (χ2v) is 8.49. The molecule has 1 aromatic rings. The van der Waals surface area contributed by atoms with Crippen molar-refractivity contribution in [2.45, 2.75) is 37.2 Å². The van der Waals surface area contributed by atoms with Gasteiger partial charge in [0, 0.05) is 37.2 Å². The third-order valence-electron chi connectivity index (χ3n) is 5.08. The van der Waals surface area contributed by atoms with Gasteiger partial charge in [-0.25, -0.2) is 0 Å². The van der Waals surface area contributed by atoms with E-state index >= 15 is 0 Å². The maximum Gasteiger partial charge on any atom is 0.226 e. The van der Waals surface area contributed by atoms with E-state index in [1.54, 1.807) is 6.20 Å². The van der Waals surface area contributed by atoms with Crippen molar-refractivity contribution in [2.24, 2.45) is 11.8 Å². The Morgan fingerprint density at radius 1 is 1.55 bits per heavy atom. The maximum atomic E-state index is 12.2. The molecule has 2 aliphatic heterocycles. The summed E-state index contributed by atoms with van der Waals surface area (Å²) in [5.41, 5.74) is 1.13. The van der Waals surface area contributed by atoms with Gasteiger partial charge < -0.3 is 9.64 Å². The normalized spacial score (nSPS) is 32.0. The lowest BCUT2D eigenvalue weighted by Gasteiger charge is -2.47. The van der Waals surface area contributed by atoms with Crippen molar-refractivity contribution in [2.75, 3.05) is 18.8 Å². The Bertz CT molecular complexity index is 559. The Morgan fingerprint density at radius 2 is 2.36 bits per heavy atom. The largest absolute Gasteiger partial charge is 0.373 e. The van der Waals surface area contributed by atoms with E-state index in [0.29, 0.717) is 30.5 Å². The molecule has 0 bridgehead atoms. The van der Waals surface area contributed by atoms with Crippen LogP contribution < -0.4 is 0 Å². The zero-order valence-electron chi connectivity index (χ0n) is 12.9. The fraction of sp³-hybridized carbons (Fsp3) is 0.647. The third kappa shape index (κ3) is 2.76. The molecule has 22 heavy (non-hydrogen) atoms. The highest BCUT2D eigenvalue weighted by atomic mass is 32.2. The second kappa shape index (κ2) is 5.53. The number of rotatable bonds is 4. The number of aromatic nitrogens is 1. The number of likely N-dealkylation sites (tertiary alicyclic amines) is 1. The molecule has 0 N–H and O–H groups in total. The average molecular weight is 318 g/mol. The van der Waals surface area contributed by atoms with Crippen molar-refractivity contribution in [1.82, 2.24) is 9.88 Å². The maximum absolute atomic E-state index is 12.2. The predicted molar refractivity (Wildman–Crippen MR) is 86.5 cm³/mol. The summed E-state index contributed by atoms with van der Waals surface area (Å²) in [4.78, 5) is 18.4. The highest BCUT2D eigenvalue weighted by Gasteiger charge is 2.53. The third-order valence-corrected chi connectivity index (χ3v) is 6.66. The highest BCUT2D eigenvalue weighted by Crippen LogP contribution is 2.48. The molecule has 1 aromatic heterocycles. The summed E-state index contributed by atoms with van der Waals surface area (Å²) in [5, 5.41) is 0. The molecular weight excluding hydrogens is 296 g/mol. The van der Waals surface area contributed by atoms with E-state index in [-0.39, 0.29) is 4.75 Å². The van der Waals surface area contributed by atoms with Gasteiger partial charge in [-0.05, 0) is 30.4 Å². The van der Waals surface area contributed by atoms with Gasteiger partial charge >= 0.3 is 0 Å². The van der Waals surface area contributed by atoms with Crippen LogP contribution in [0.1, 0.15) is 25.3 Å². The summed E-state index contributed by atoms with van der Waals surface area (Å²) < 4.78 is 6.30. The van der Waals surface area contributed by atoms with Crippen LogP contribution in [0.3, 0.4) is 0 Å². The lowest BCUT2D eigenvalue weighted by Crippen LogP contribution is -2.61. The highest BCUT2D eigenvalue weighted by molar-refractivity contribution is 8.01. The number of amides is 1. The predicted octanol–water partition coefficient (Wildman–Crippen LogP) is 2.34. The number of ether oxygens (including phenoxy) is 1. The van der Waals surface area contributed by atoms with E-state index in [9.17, 15) is 4.79 Å². The summed E-state index contributed by atoms with van der Waals surface area (Å²) in [5.74, 6) is 2.36. The molecule has 5 heteroatoms. The van der Waals surface area contributed by atoms with Crippen molar-refractivity contribution >= 4 is 17.7 Å². The topological polar surface area (TPSA) is 42.4 Å². The van der Waals surface area contributed by atoms with Crippen LogP contribution in [0.5, 0.6) is 0 Å². The van der Waals surface area contributed by atoms with Gasteiger partial charge in [-0.2, -0.15) is 0 Å². The molecule has 3 fully saturated rings. The SMILES string of the molecule is C[C@@H]1C[C@H]1C(=O)N1CC2(C[C@@H](OCc3cccnc3)CS2)C1. The Kier molecular flexibility index (Phi) is 3.65. The summed E-state index contributed by atoms with van der Waals surface area (Å²) >= 11 is 1.99. The quantitative estimate of drug-likeness (QED) is 0.854. The van der Waals surface area contributed by atoms with E-state index in [1.807, 2.05) is 30.1 Å². The fourth-order valence-corrected chi connectivity index (χ4v) is 5.08. The first kappa shape index (κ1) is 14.5. The van der Waals surface area contributed by atoms with Crippen LogP contribution in [-0.4, -0.2) is 45.5 Å². The molecule has 3 heterocycles. The summed E-state index contributed by atoms with van der Waals surface area (Å²) in [6.45, 7) is 4.65. The van der Waals surface area contributed by atoms with Crippen LogP contribution in [0.25, 0.3) is 0 Å². The molecule has 0 unspecified atom stereocenters. The molecule has 2 saturated heterocycles. The molecule has 0 aromatic carbocycles. The first-order chi connectivity index (χ1) is 10.7. The number of nitrogens with zero attached hydrogens (tertiary/aromatic N) is 2. The molecule has 4 rings (SSSR count). The van der Waals surface area contributed by atoms with Gasteiger partial charge in [0.15, 0.2) is 0 Å². The Morgan fingerprint density at radius 3 is 3.05 bits per heavy atom. The van der Waals surface area contributed by atoms with E-state index in [2.05, 4.69) is 16.8 Å². The van der Waals surface area contributed by atoms with Gasteiger partial charge in [0.1, 0.15) is 0 Å². The lowest BCUT2D eigenvalue weighted by atomic mass is 9.92. The molecule has 3 atom stereocenters. The summed E-state index contributed by atoms with van der Waals surface area (Å²) in [6, 6.07) is 3.99. The Balaban J connectivity index is 1.24. The van der Waals surface area contributed by atoms with Crippen LogP contribution in [0.2, 0.25) is 0 Å². The zero-order chi connectivity index (χ0) is 15.2. The molecule has 1 amide bonds. The minimum absolute atomic E-state index is 0.271. The number of carbonyl (C=O) groups is 1. The summed E-state index contributed by atoms with van der Waals surface area (Å²) in [7, 11) is 0. The van der Waals surface area contributed by atoms with Gasteiger partial charge in [0.2, 0.25) is 5.91 Å². The van der Waals surface area contributed by atoms with Crippen LogP contribution in [0.15, 0.2) is 24.5 Å². The van der Waals surface area contributed by atoms with Crippen LogP contribution in [0, 0.1) is 11.8 Å². The summed E-state index contributed by atoms with van der Waals surface area (Å²) in [6.07, 6.45) is 6.11. The molecule has 118 valence electrons. The van der Waals surface area contributed by atoms with Gasteiger partial charge in [-0.3, -0.25) is 9.78 Å². The lowest BCUT2D eigenvalue weighted by molar-refractivity contribution is -0.138. The van der Waals surface area contributed by atoms with Crippen molar-refractivity contribution in [3.63, 3.8) is 0 Å². The number of hydrogen-bond acceptors (Lipinski definition) is 4. The molecule has 0 radical (unpaired) electrons. The van der Waals surface area contributed by atoms with Gasteiger partial charge in [-0.15, -0.1) is 11.8 Å². The molecule has 4 nitrogen and oxygen atoms in total. The van der Waals surface area contributed by atoms with Crippen molar-refractivity contribution in [3.8, 4) is 0 Å². The molecule has 1 spiro atoms. The molecular formula is C17H22N2O2S. The number of pyridine rings is 1. The first-order valence-corrected chi connectivity index (χ1v) is 9.07. The van der Waals surface area contributed by atoms with Crippen molar-refractivity contribution < 1.29 is 9.53 Å². The number of carbonyl (C=O) groups excluding carboxylic acids is 1. The molecule has 1 saturated carbocycles. The van der Waals surface area contributed by atoms with Gasteiger partial charge in [0.25, 0.3) is 0 Å². The van der Waals surface area contributed by atoms with E-state index in [4.69, 9.17) is 4.74 Å². The first-order valence-electron chi connectivity index (χ1n) is 8.08. The van der Waals surface area contributed by atoms with Gasteiger partial charge in [-0.1, -0.05) is 13.0 Å². The van der Waals surface area contributed by atoms with Crippen molar-refractivity contribution in [3.05, 3.63) is 30.1 Å². The van der Waals surface area contributed by atoms with Crippen LogP contribution >= 0.6 is 11.8 Å². The van der Waals surface area contributed by atoms with E-state index in [1.165, 1.54) is 0 Å². The van der Waals surface area contributed by atoms with Crippen molar-refractivity contribution in [1.29, 1.82) is 0 Å². The number of thioether (sulfide) groups is 1. The number of hydrogen-bond donors (Lipinski definition) is 0. The van der Waals surface area contributed by atoms with Crippen LogP contribution in [-0.2, 0) is 16.1 Å². The Labute approximate surface area is 135 Å². The van der Waals surface area contributed by atoms with E-state index < -0.39 is 0 Å².